The smallest absolute Gasteiger partial charge is 0.0346 e. The zero-order valence-electron chi connectivity index (χ0n) is 10.8. The average Bonchev–Trinajstić information content (AvgIpc) is 2.34. The fourth-order valence-corrected chi connectivity index (χ4v) is 2.86. The molecule has 0 aliphatic heterocycles. The number of halogens is 1. The predicted octanol–water partition coefficient (Wildman–Crippen LogP) is 4.15. The van der Waals surface area contributed by atoms with Gasteiger partial charge in [0.05, 0.1) is 0 Å². The first-order chi connectivity index (χ1) is 8.58. The fourth-order valence-electron chi connectivity index (χ4n) is 2.07. The van der Waals surface area contributed by atoms with Gasteiger partial charge in [0.2, 0.25) is 0 Å². The van der Waals surface area contributed by atoms with Crippen LogP contribution in [-0.2, 0) is 6.42 Å². The van der Waals surface area contributed by atoms with Crippen LogP contribution in [0.15, 0.2) is 42.5 Å². The third-order valence-electron chi connectivity index (χ3n) is 3.33. The summed E-state index contributed by atoms with van der Waals surface area (Å²) >= 11 is 2.35. The van der Waals surface area contributed by atoms with E-state index in [1.807, 2.05) is 6.07 Å². The minimum atomic E-state index is 0.0696. The normalized spacial score (nSPS) is 12.4. The molecule has 0 spiro atoms. The van der Waals surface area contributed by atoms with Gasteiger partial charge in [-0.15, -0.1) is 0 Å². The Bertz CT molecular complexity index is 549. The Kier molecular flexibility index (Phi) is 4.40. The molecule has 2 aromatic carbocycles. The van der Waals surface area contributed by atoms with Crippen LogP contribution in [0.1, 0.15) is 28.3 Å². The Morgan fingerprint density at radius 2 is 1.78 bits per heavy atom. The van der Waals surface area contributed by atoms with Crippen LogP contribution >= 0.6 is 22.6 Å². The highest BCUT2D eigenvalue weighted by Gasteiger charge is 2.10. The summed E-state index contributed by atoms with van der Waals surface area (Å²) in [4.78, 5) is 0. The Balaban J connectivity index is 2.19. The van der Waals surface area contributed by atoms with Gasteiger partial charge in [0, 0.05) is 9.61 Å². The number of benzene rings is 2. The van der Waals surface area contributed by atoms with Crippen molar-refractivity contribution >= 4 is 22.6 Å². The highest BCUT2D eigenvalue weighted by atomic mass is 127. The van der Waals surface area contributed by atoms with Crippen molar-refractivity contribution in [3.8, 4) is 0 Å². The van der Waals surface area contributed by atoms with Crippen molar-refractivity contribution in [3.05, 3.63) is 68.3 Å². The lowest BCUT2D eigenvalue weighted by molar-refractivity contribution is 0.717. The molecule has 0 aromatic heterocycles. The molecule has 2 aromatic rings. The molecule has 0 aliphatic rings. The molecule has 1 unspecified atom stereocenters. The molecule has 2 heteroatoms. The van der Waals surface area contributed by atoms with Crippen molar-refractivity contribution in [2.24, 2.45) is 5.73 Å². The summed E-state index contributed by atoms with van der Waals surface area (Å²) in [5, 5.41) is 0. The van der Waals surface area contributed by atoms with Gasteiger partial charge < -0.3 is 5.73 Å². The fraction of sp³-hybridized carbons (Fsp3) is 0.250. The third-order valence-corrected chi connectivity index (χ3v) is 4.31. The SMILES string of the molecule is Cc1ccc(CC(N)c2ccccc2I)cc1C. The van der Waals surface area contributed by atoms with E-state index in [2.05, 4.69) is 72.8 Å². The van der Waals surface area contributed by atoms with Crippen LogP contribution in [0, 0.1) is 17.4 Å². The second-order valence-electron chi connectivity index (χ2n) is 4.75. The summed E-state index contributed by atoms with van der Waals surface area (Å²) in [5.74, 6) is 0. The van der Waals surface area contributed by atoms with Gasteiger partial charge in [-0.2, -0.15) is 0 Å². The summed E-state index contributed by atoms with van der Waals surface area (Å²) in [6.45, 7) is 4.29. The molecule has 0 saturated carbocycles. The lowest BCUT2D eigenvalue weighted by Gasteiger charge is -2.14. The van der Waals surface area contributed by atoms with E-state index in [1.54, 1.807) is 0 Å². The maximum absolute atomic E-state index is 6.31. The van der Waals surface area contributed by atoms with E-state index in [9.17, 15) is 0 Å². The van der Waals surface area contributed by atoms with Crippen molar-refractivity contribution < 1.29 is 0 Å². The van der Waals surface area contributed by atoms with E-state index in [1.165, 1.54) is 25.8 Å². The number of aryl methyl sites for hydroxylation is 2. The van der Waals surface area contributed by atoms with E-state index in [0.29, 0.717) is 0 Å². The minimum absolute atomic E-state index is 0.0696. The Hall–Kier alpha value is -0.870. The quantitative estimate of drug-likeness (QED) is 0.826. The van der Waals surface area contributed by atoms with E-state index in [0.717, 1.165) is 6.42 Å². The average molecular weight is 351 g/mol. The Morgan fingerprint density at radius 1 is 1.06 bits per heavy atom. The summed E-state index contributed by atoms with van der Waals surface area (Å²) in [6, 6.07) is 15.0. The molecular formula is C16H18IN. The number of hydrogen-bond acceptors (Lipinski definition) is 1. The second kappa shape index (κ2) is 5.85. The predicted molar refractivity (Wildman–Crippen MR) is 85.7 cm³/mol. The van der Waals surface area contributed by atoms with Crippen molar-refractivity contribution in [1.82, 2.24) is 0 Å². The molecule has 0 fully saturated rings. The summed E-state index contributed by atoms with van der Waals surface area (Å²) < 4.78 is 1.24. The maximum atomic E-state index is 6.31. The molecule has 2 rings (SSSR count). The number of rotatable bonds is 3. The topological polar surface area (TPSA) is 26.0 Å². The molecule has 0 heterocycles. The van der Waals surface area contributed by atoms with Crippen molar-refractivity contribution in [1.29, 1.82) is 0 Å². The molecule has 0 saturated heterocycles. The molecule has 0 radical (unpaired) electrons. The molecule has 1 nitrogen and oxygen atoms in total. The molecule has 1 atom stereocenters. The van der Waals surface area contributed by atoms with Crippen LogP contribution in [0.5, 0.6) is 0 Å². The van der Waals surface area contributed by atoms with Crippen LogP contribution in [0.3, 0.4) is 0 Å². The van der Waals surface area contributed by atoms with E-state index < -0.39 is 0 Å². The number of nitrogens with two attached hydrogens (primary N) is 1. The molecule has 0 aliphatic carbocycles. The van der Waals surface area contributed by atoms with E-state index >= 15 is 0 Å². The Morgan fingerprint density at radius 3 is 2.44 bits per heavy atom. The van der Waals surface area contributed by atoms with Crippen LogP contribution < -0.4 is 5.73 Å². The summed E-state index contributed by atoms with van der Waals surface area (Å²) in [6.07, 6.45) is 0.890. The maximum Gasteiger partial charge on any atom is 0.0346 e. The molecular weight excluding hydrogens is 333 g/mol. The standard InChI is InChI=1S/C16H18IN/c1-11-7-8-13(9-12(11)2)10-16(18)14-5-3-4-6-15(14)17/h3-9,16H,10,18H2,1-2H3. The Labute approximate surface area is 123 Å². The van der Waals surface area contributed by atoms with Gasteiger partial charge in [-0.1, -0.05) is 36.4 Å². The van der Waals surface area contributed by atoms with Crippen molar-refractivity contribution in [2.45, 2.75) is 26.3 Å². The van der Waals surface area contributed by atoms with Crippen LogP contribution in [-0.4, -0.2) is 0 Å². The molecule has 94 valence electrons. The molecule has 18 heavy (non-hydrogen) atoms. The van der Waals surface area contributed by atoms with Gasteiger partial charge in [-0.05, 0) is 71.2 Å². The minimum Gasteiger partial charge on any atom is -0.324 e. The molecule has 0 amide bonds. The van der Waals surface area contributed by atoms with Crippen molar-refractivity contribution in [3.63, 3.8) is 0 Å². The summed E-state index contributed by atoms with van der Waals surface area (Å²) in [7, 11) is 0. The largest absolute Gasteiger partial charge is 0.324 e. The summed E-state index contributed by atoms with van der Waals surface area (Å²) in [5.41, 5.74) is 11.5. The lowest BCUT2D eigenvalue weighted by Crippen LogP contribution is -2.14. The monoisotopic (exact) mass is 351 g/mol. The van der Waals surface area contributed by atoms with E-state index in [4.69, 9.17) is 5.73 Å². The van der Waals surface area contributed by atoms with Crippen molar-refractivity contribution in [2.75, 3.05) is 0 Å². The van der Waals surface area contributed by atoms with Gasteiger partial charge >= 0.3 is 0 Å². The van der Waals surface area contributed by atoms with Crippen LogP contribution in [0.25, 0.3) is 0 Å². The zero-order chi connectivity index (χ0) is 13.1. The van der Waals surface area contributed by atoms with Crippen LogP contribution in [0.2, 0.25) is 0 Å². The zero-order valence-corrected chi connectivity index (χ0v) is 12.9. The van der Waals surface area contributed by atoms with Crippen LogP contribution in [0.4, 0.5) is 0 Å². The first kappa shape index (κ1) is 13.6. The molecule has 0 bridgehead atoms. The third kappa shape index (κ3) is 3.12. The second-order valence-corrected chi connectivity index (χ2v) is 5.91. The first-order valence-corrected chi connectivity index (χ1v) is 7.22. The van der Waals surface area contributed by atoms with Gasteiger partial charge in [0.15, 0.2) is 0 Å². The highest BCUT2D eigenvalue weighted by molar-refractivity contribution is 14.1. The van der Waals surface area contributed by atoms with Gasteiger partial charge in [0.1, 0.15) is 0 Å². The highest BCUT2D eigenvalue weighted by Crippen LogP contribution is 2.22. The van der Waals surface area contributed by atoms with E-state index in [-0.39, 0.29) is 6.04 Å². The number of hydrogen-bond donors (Lipinski definition) is 1. The van der Waals surface area contributed by atoms with Gasteiger partial charge in [0.25, 0.3) is 0 Å². The lowest BCUT2D eigenvalue weighted by atomic mass is 9.97. The molecule has 2 N–H and O–H groups in total. The van der Waals surface area contributed by atoms with Gasteiger partial charge in [-0.3, -0.25) is 0 Å². The van der Waals surface area contributed by atoms with Gasteiger partial charge in [-0.25, -0.2) is 0 Å². The first-order valence-electron chi connectivity index (χ1n) is 6.14.